The topological polar surface area (TPSA) is 106 Å². The average Bonchev–Trinajstić information content (AvgIpc) is 3.17. The summed E-state index contributed by atoms with van der Waals surface area (Å²) in [6.45, 7) is 0.970. The second kappa shape index (κ2) is 5.31. The van der Waals surface area contributed by atoms with Crippen LogP contribution in [0.5, 0.6) is 0 Å². The second-order valence-corrected chi connectivity index (χ2v) is 6.02. The van der Waals surface area contributed by atoms with E-state index in [1.807, 2.05) is 18.2 Å². The molecule has 0 bridgehead atoms. The predicted molar refractivity (Wildman–Crippen MR) is 88.2 cm³/mol. The number of carbonyl (C=O) groups is 2. The summed E-state index contributed by atoms with van der Waals surface area (Å²) in [5.74, 6) is -1.18. The lowest BCUT2D eigenvalue weighted by Gasteiger charge is -2.15. The maximum absolute atomic E-state index is 12.5. The van der Waals surface area contributed by atoms with Crippen molar-refractivity contribution in [2.24, 2.45) is 0 Å². The molecule has 1 unspecified atom stereocenters. The minimum absolute atomic E-state index is 0.0163. The van der Waals surface area contributed by atoms with Gasteiger partial charge in [-0.3, -0.25) is 24.3 Å². The fraction of sp³-hybridized carbons (Fsp3) is 0.235. The molecule has 0 radical (unpaired) electrons. The molecule has 1 fully saturated rings. The lowest BCUT2D eigenvalue weighted by atomic mass is 10.0. The molecule has 0 saturated carbocycles. The van der Waals surface area contributed by atoms with Crippen LogP contribution in [0.2, 0.25) is 0 Å². The maximum Gasteiger partial charge on any atom is 0.262 e. The van der Waals surface area contributed by atoms with E-state index in [2.05, 4.69) is 10.6 Å². The van der Waals surface area contributed by atoms with Crippen LogP contribution in [0, 0.1) is 0 Å². The van der Waals surface area contributed by atoms with Gasteiger partial charge in [-0.25, -0.2) is 0 Å². The van der Waals surface area contributed by atoms with E-state index in [4.69, 9.17) is 5.73 Å². The van der Waals surface area contributed by atoms with Crippen molar-refractivity contribution in [2.75, 3.05) is 12.3 Å². The van der Waals surface area contributed by atoms with Gasteiger partial charge in [-0.1, -0.05) is 12.1 Å². The summed E-state index contributed by atoms with van der Waals surface area (Å²) < 4.78 is 1.27. The van der Waals surface area contributed by atoms with Crippen LogP contribution in [-0.2, 0) is 0 Å². The van der Waals surface area contributed by atoms with Crippen molar-refractivity contribution in [3.05, 3.63) is 57.4 Å². The SMILES string of the molecule is Nc1c2c(cc(=O)n1-c1cccc(C3CCCN3)c1)C(=O)NC2=O. The van der Waals surface area contributed by atoms with Gasteiger partial charge in [-0.2, -0.15) is 0 Å². The minimum Gasteiger partial charge on any atom is -0.384 e. The van der Waals surface area contributed by atoms with Crippen LogP contribution >= 0.6 is 0 Å². The third-order valence-electron chi connectivity index (χ3n) is 4.54. The monoisotopic (exact) mass is 324 g/mol. The molecule has 0 aliphatic carbocycles. The first-order valence-electron chi connectivity index (χ1n) is 7.81. The Bertz CT molecular complexity index is 926. The van der Waals surface area contributed by atoms with Crippen molar-refractivity contribution >= 4 is 17.6 Å². The molecule has 7 heteroatoms. The summed E-state index contributed by atoms with van der Waals surface area (Å²) >= 11 is 0. The second-order valence-electron chi connectivity index (χ2n) is 6.02. The Kier molecular flexibility index (Phi) is 3.24. The van der Waals surface area contributed by atoms with Crippen molar-refractivity contribution in [1.82, 2.24) is 15.2 Å². The van der Waals surface area contributed by atoms with Crippen LogP contribution in [0.25, 0.3) is 5.69 Å². The first-order valence-corrected chi connectivity index (χ1v) is 7.81. The zero-order chi connectivity index (χ0) is 16.8. The normalized spacial score (nSPS) is 19.4. The number of fused-ring (bicyclic) bond motifs is 1. The Morgan fingerprint density at radius 2 is 1.96 bits per heavy atom. The van der Waals surface area contributed by atoms with Gasteiger partial charge in [0, 0.05) is 12.1 Å². The fourth-order valence-electron chi connectivity index (χ4n) is 3.40. The molecule has 4 N–H and O–H groups in total. The number of hydrogen-bond acceptors (Lipinski definition) is 5. The number of hydrogen-bond donors (Lipinski definition) is 3. The van der Waals surface area contributed by atoms with Crippen molar-refractivity contribution in [2.45, 2.75) is 18.9 Å². The molecule has 0 spiro atoms. The molecular weight excluding hydrogens is 308 g/mol. The molecule has 2 aliphatic rings. The highest BCUT2D eigenvalue weighted by molar-refractivity contribution is 6.23. The molecule has 4 rings (SSSR count). The summed E-state index contributed by atoms with van der Waals surface area (Å²) in [6, 6.07) is 8.92. The Morgan fingerprint density at radius 1 is 1.12 bits per heavy atom. The van der Waals surface area contributed by atoms with Crippen LogP contribution in [0.1, 0.15) is 45.2 Å². The first-order chi connectivity index (χ1) is 11.6. The number of nitrogens with one attached hydrogen (secondary N) is 2. The molecular formula is C17H16N4O3. The van der Waals surface area contributed by atoms with Crippen molar-refractivity contribution in [3.63, 3.8) is 0 Å². The number of nitrogens with two attached hydrogens (primary N) is 1. The molecule has 24 heavy (non-hydrogen) atoms. The number of aromatic nitrogens is 1. The summed E-state index contributed by atoms with van der Waals surface area (Å²) in [4.78, 5) is 36.1. The van der Waals surface area contributed by atoms with Crippen molar-refractivity contribution in [1.29, 1.82) is 0 Å². The number of benzene rings is 1. The molecule has 1 aromatic carbocycles. The third kappa shape index (κ3) is 2.13. The summed E-state index contributed by atoms with van der Waals surface area (Å²) in [7, 11) is 0. The van der Waals surface area contributed by atoms with Crippen LogP contribution in [0.4, 0.5) is 5.82 Å². The van der Waals surface area contributed by atoms with Gasteiger partial charge in [0.15, 0.2) is 0 Å². The van der Waals surface area contributed by atoms with E-state index in [0.29, 0.717) is 5.69 Å². The number of nitrogens with zero attached hydrogens (tertiary/aromatic N) is 1. The minimum atomic E-state index is -0.588. The van der Waals surface area contributed by atoms with E-state index < -0.39 is 17.4 Å². The number of carbonyl (C=O) groups excluding carboxylic acids is 2. The average molecular weight is 324 g/mol. The molecule has 122 valence electrons. The molecule has 1 atom stereocenters. The summed E-state index contributed by atoms with van der Waals surface area (Å²) in [5, 5.41) is 5.57. The molecule has 2 aliphatic heterocycles. The number of rotatable bonds is 2. The Labute approximate surface area is 137 Å². The lowest BCUT2D eigenvalue weighted by Crippen LogP contribution is -2.24. The molecule has 1 aromatic heterocycles. The Hall–Kier alpha value is -2.93. The number of imide groups is 1. The van der Waals surface area contributed by atoms with E-state index in [1.165, 1.54) is 4.57 Å². The number of nitrogen functional groups attached to an aromatic ring is 1. The van der Waals surface area contributed by atoms with Gasteiger partial charge in [-0.05, 0) is 37.1 Å². The zero-order valence-corrected chi connectivity index (χ0v) is 12.8. The number of anilines is 1. The van der Waals surface area contributed by atoms with Gasteiger partial charge in [0.05, 0.1) is 16.8 Å². The van der Waals surface area contributed by atoms with Gasteiger partial charge < -0.3 is 11.1 Å². The summed E-state index contributed by atoms with van der Waals surface area (Å²) in [5.41, 5.74) is 7.36. The first kappa shape index (κ1) is 14.6. The Balaban J connectivity index is 1.87. The number of amides is 2. The van der Waals surface area contributed by atoms with Crippen LogP contribution in [-0.4, -0.2) is 22.9 Å². The highest BCUT2D eigenvalue weighted by Crippen LogP contribution is 2.27. The highest BCUT2D eigenvalue weighted by Gasteiger charge is 2.31. The van der Waals surface area contributed by atoms with Gasteiger partial charge in [-0.15, -0.1) is 0 Å². The van der Waals surface area contributed by atoms with Crippen molar-refractivity contribution in [3.8, 4) is 5.69 Å². The van der Waals surface area contributed by atoms with Crippen molar-refractivity contribution < 1.29 is 9.59 Å². The van der Waals surface area contributed by atoms with Gasteiger partial charge in [0.2, 0.25) is 0 Å². The maximum atomic E-state index is 12.5. The standard InChI is InChI=1S/C17H16N4O3/c18-15-14-11(16(23)20-17(14)24)8-13(22)21(15)10-4-1-3-9(7-10)12-5-2-6-19-12/h1,3-4,7-8,12,19H,2,5-6,18H2,(H,20,23,24). The van der Waals surface area contributed by atoms with Gasteiger partial charge in [0.25, 0.3) is 17.4 Å². The Morgan fingerprint density at radius 3 is 2.71 bits per heavy atom. The molecule has 2 aromatic rings. The predicted octanol–water partition coefficient (Wildman–Crippen LogP) is 0.728. The van der Waals surface area contributed by atoms with E-state index in [1.54, 1.807) is 6.07 Å². The van der Waals surface area contributed by atoms with E-state index >= 15 is 0 Å². The van der Waals surface area contributed by atoms with Crippen LogP contribution in [0.3, 0.4) is 0 Å². The lowest BCUT2D eigenvalue weighted by molar-refractivity contribution is 0.0880. The van der Waals surface area contributed by atoms with Crippen LogP contribution in [0.15, 0.2) is 35.1 Å². The van der Waals surface area contributed by atoms with E-state index in [9.17, 15) is 14.4 Å². The summed E-state index contributed by atoms with van der Waals surface area (Å²) in [6.07, 6.45) is 2.15. The van der Waals surface area contributed by atoms with E-state index in [-0.39, 0.29) is 23.0 Å². The zero-order valence-electron chi connectivity index (χ0n) is 12.8. The molecule has 3 heterocycles. The van der Waals surface area contributed by atoms with Crippen LogP contribution < -0.4 is 21.9 Å². The molecule has 7 nitrogen and oxygen atoms in total. The largest absolute Gasteiger partial charge is 0.384 e. The number of pyridine rings is 1. The van der Waals surface area contributed by atoms with Gasteiger partial charge >= 0.3 is 0 Å². The highest BCUT2D eigenvalue weighted by atomic mass is 16.2. The quantitative estimate of drug-likeness (QED) is 0.706. The molecule has 2 amide bonds. The van der Waals surface area contributed by atoms with Gasteiger partial charge in [0.1, 0.15) is 5.82 Å². The fourth-order valence-corrected chi connectivity index (χ4v) is 3.40. The van der Waals surface area contributed by atoms with E-state index in [0.717, 1.165) is 31.0 Å². The third-order valence-corrected chi connectivity index (χ3v) is 4.54. The smallest absolute Gasteiger partial charge is 0.262 e. The molecule has 1 saturated heterocycles.